The zero-order valence-corrected chi connectivity index (χ0v) is 21.9. The first kappa shape index (κ1) is 30.4. The molecule has 0 aliphatic rings. The molecule has 1 unspecified atom stereocenters. The molecule has 0 fully saturated rings. The minimum atomic E-state index is -0.909. The van der Waals surface area contributed by atoms with Crippen LogP contribution >= 0.6 is 0 Å². The number of likely N-dealkylation sites (N-methyl/N-ethyl adjacent to an activating group) is 1. The van der Waals surface area contributed by atoms with E-state index in [-0.39, 0.29) is 6.54 Å². The van der Waals surface area contributed by atoms with E-state index >= 15 is 0 Å². The summed E-state index contributed by atoms with van der Waals surface area (Å²) in [5, 5.41) is 11.2. The molecule has 0 heterocycles. The van der Waals surface area contributed by atoms with Crippen LogP contribution in [0.4, 0.5) is 0 Å². The molecule has 3 heteroatoms. The molecule has 0 saturated heterocycles. The van der Waals surface area contributed by atoms with Gasteiger partial charge in [0.15, 0.2) is 0 Å². The summed E-state index contributed by atoms with van der Waals surface area (Å²) in [5.41, 5.74) is 0. The Balaban J connectivity index is 3.45. The van der Waals surface area contributed by atoms with Crippen molar-refractivity contribution in [3.05, 3.63) is 0 Å². The summed E-state index contributed by atoms with van der Waals surface area (Å²) in [6.07, 6.45) is 26.4. The minimum absolute atomic E-state index is 0.160. The molecule has 0 amide bonds. The van der Waals surface area contributed by atoms with Gasteiger partial charge in [-0.2, -0.15) is 0 Å². The number of carboxylic acids is 1. The largest absolute Gasteiger partial charge is 0.544 e. The highest BCUT2D eigenvalue weighted by Crippen LogP contribution is 2.20. The van der Waals surface area contributed by atoms with E-state index in [4.69, 9.17) is 0 Å². The Hall–Kier alpha value is -0.570. The number of carbonyl (C=O) groups is 1. The molecule has 0 saturated carbocycles. The van der Waals surface area contributed by atoms with Crippen LogP contribution in [0.25, 0.3) is 0 Å². The fraction of sp³-hybridized carbons (Fsp3) is 0.964. The van der Waals surface area contributed by atoms with E-state index in [9.17, 15) is 9.90 Å². The summed E-state index contributed by atoms with van der Waals surface area (Å²) >= 11 is 0. The Morgan fingerprint density at radius 1 is 0.613 bits per heavy atom. The topological polar surface area (TPSA) is 40.1 Å². The predicted octanol–water partition coefficient (Wildman–Crippen LogP) is 7.41. The number of hydrogen-bond donors (Lipinski definition) is 0. The molecule has 0 bridgehead atoms. The Morgan fingerprint density at radius 2 is 0.935 bits per heavy atom. The van der Waals surface area contributed by atoms with E-state index in [1.807, 2.05) is 0 Å². The predicted molar refractivity (Wildman–Crippen MR) is 134 cm³/mol. The van der Waals surface area contributed by atoms with Gasteiger partial charge in [-0.05, 0) is 33.6 Å². The van der Waals surface area contributed by atoms with Crippen molar-refractivity contribution in [1.29, 1.82) is 0 Å². The standard InChI is InChI=1S/C28H57NO2/c1-5-8-9-10-11-12-13-14-15-16-17-18-19-20-21-22-23-24-25-27(4)29(6-2,7-3)26-28(30)31/h27H,5-26H2,1-4H3. The van der Waals surface area contributed by atoms with Crippen molar-refractivity contribution >= 4 is 5.97 Å². The molecule has 1 atom stereocenters. The van der Waals surface area contributed by atoms with Gasteiger partial charge in [-0.3, -0.25) is 0 Å². The van der Waals surface area contributed by atoms with Crippen LogP contribution in [0.3, 0.4) is 0 Å². The van der Waals surface area contributed by atoms with E-state index in [2.05, 4.69) is 27.7 Å². The summed E-state index contributed by atoms with van der Waals surface area (Å²) in [5.74, 6) is -0.909. The summed E-state index contributed by atoms with van der Waals surface area (Å²) < 4.78 is 0.668. The van der Waals surface area contributed by atoms with E-state index in [1.54, 1.807) is 0 Å². The number of carboxylic acid groups (broad SMARTS) is 1. The van der Waals surface area contributed by atoms with Gasteiger partial charge in [0, 0.05) is 0 Å². The van der Waals surface area contributed by atoms with E-state index in [0.717, 1.165) is 19.5 Å². The molecule has 31 heavy (non-hydrogen) atoms. The van der Waals surface area contributed by atoms with Crippen molar-refractivity contribution in [3.8, 4) is 0 Å². The molecule has 186 valence electrons. The molecular formula is C28H57NO2. The van der Waals surface area contributed by atoms with Crippen molar-refractivity contribution < 1.29 is 14.4 Å². The van der Waals surface area contributed by atoms with Gasteiger partial charge in [-0.15, -0.1) is 0 Å². The van der Waals surface area contributed by atoms with Gasteiger partial charge in [-0.25, -0.2) is 0 Å². The molecule has 0 aromatic rings. The highest BCUT2D eigenvalue weighted by atomic mass is 16.4. The van der Waals surface area contributed by atoms with Crippen LogP contribution in [-0.2, 0) is 4.79 Å². The lowest BCUT2D eigenvalue weighted by molar-refractivity contribution is -0.941. The maximum absolute atomic E-state index is 11.2. The van der Waals surface area contributed by atoms with E-state index in [0.29, 0.717) is 10.5 Å². The third-order valence-electron chi connectivity index (χ3n) is 7.61. The van der Waals surface area contributed by atoms with Crippen LogP contribution in [0.1, 0.15) is 150 Å². The number of hydrogen-bond acceptors (Lipinski definition) is 2. The molecule has 0 rings (SSSR count). The quantitative estimate of drug-likeness (QED) is 0.116. The van der Waals surface area contributed by atoms with Crippen molar-refractivity contribution in [2.75, 3.05) is 19.6 Å². The number of nitrogens with zero attached hydrogens (tertiary/aromatic N) is 1. The average Bonchev–Trinajstić information content (AvgIpc) is 2.76. The number of aliphatic carboxylic acids is 1. The second-order valence-electron chi connectivity index (χ2n) is 10.0. The van der Waals surface area contributed by atoms with Gasteiger partial charge in [-0.1, -0.05) is 116 Å². The summed E-state index contributed by atoms with van der Waals surface area (Å²) in [7, 11) is 0. The lowest BCUT2D eigenvalue weighted by Gasteiger charge is -2.42. The Bertz CT molecular complexity index is 392. The number of quaternary nitrogens is 1. The normalized spacial score (nSPS) is 12.9. The molecule has 0 aliphatic carbocycles. The zero-order chi connectivity index (χ0) is 23.2. The van der Waals surface area contributed by atoms with Crippen LogP contribution in [0.15, 0.2) is 0 Å². The molecule has 0 radical (unpaired) electrons. The average molecular weight is 440 g/mol. The van der Waals surface area contributed by atoms with Crippen LogP contribution in [0.5, 0.6) is 0 Å². The summed E-state index contributed by atoms with van der Waals surface area (Å²) in [6, 6.07) is 0.411. The first-order valence-corrected chi connectivity index (χ1v) is 14.1. The monoisotopic (exact) mass is 439 g/mol. The van der Waals surface area contributed by atoms with Crippen LogP contribution in [0, 0.1) is 0 Å². The second kappa shape index (κ2) is 21.3. The van der Waals surface area contributed by atoms with E-state index in [1.165, 1.54) is 116 Å². The van der Waals surface area contributed by atoms with Gasteiger partial charge in [0.25, 0.3) is 0 Å². The lowest BCUT2D eigenvalue weighted by Crippen LogP contribution is -2.58. The molecule has 0 aromatic heterocycles. The fourth-order valence-corrected chi connectivity index (χ4v) is 5.10. The van der Waals surface area contributed by atoms with Gasteiger partial charge in [0.2, 0.25) is 0 Å². The maximum Gasteiger partial charge on any atom is 0.119 e. The van der Waals surface area contributed by atoms with Gasteiger partial charge >= 0.3 is 0 Å². The molecule has 0 aliphatic heterocycles. The van der Waals surface area contributed by atoms with Crippen LogP contribution in [0.2, 0.25) is 0 Å². The van der Waals surface area contributed by atoms with Crippen LogP contribution < -0.4 is 5.11 Å². The van der Waals surface area contributed by atoms with Crippen LogP contribution in [-0.4, -0.2) is 36.1 Å². The number of unbranched alkanes of at least 4 members (excludes halogenated alkanes) is 17. The lowest BCUT2D eigenvalue weighted by atomic mass is 10.0. The third-order valence-corrected chi connectivity index (χ3v) is 7.61. The van der Waals surface area contributed by atoms with Crippen molar-refractivity contribution in [1.82, 2.24) is 0 Å². The molecule has 0 N–H and O–H groups in total. The Morgan fingerprint density at radius 3 is 1.23 bits per heavy atom. The minimum Gasteiger partial charge on any atom is -0.544 e. The first-order chi connectivity index (χ1) is 15.0. The molecule has 0 aromatic carbocycles. The van der Waals surface area contributed by atoms with Crippen molar-refractivity contribution in [2.24, 2.45) is 0 Å². The van der Waals surface area contributed by atoms with Crippen molar-refractivity contribution in [3.63, 3.8) is 0 Å². The fourth-order valence-electron chi connectivity index (χ4n) is 5.10. The Kier molecular flexibility index (Phi) is 20.9. The highest BCUT2D eigenvalue weighted by molar-refractivity contribution is 5.65. The highest BCUT2D eigenvalue weighted by Gasteiger charge is 2.30. The SMILES string of the molecule is CCCCCCCCCCCCCCCCCCCCC(C)[N+](CC)(CC)CC(=O)[O-]. The summed E-state index contributed by atoms with van der Waals surface area (Å²) in [4.78, 5) is 11.2. The molecular weight excluding hydrogens is 382 g/mol. The molecule has 3 nitrogen and oxygen atoms in total. The summed E-state index contributed by atoms with van der Waals surface area (Å²) in [6.45, 7) is 10.7. The third kappa shape index (κ3) is 16.7. The molecule has 0 spiro atoms. The van der Waals surface area contributed by atoms with Gasteiger partial charge in [0.1, 0.15) is 6.54 Å². The second-order valence-corrected chi connectivity index (χ2v) is 10.0. The number of rotatable bonds is 24. The first-order valence-electron chi connectivity index (χ1n) is 14.1. The Labute approximate surface area is 196 Å². The van der Waals surface area contributed by atoms with Crippen molar-refractivity contribution in [2.45, 2.75) is 156 Å². The van der Waals surface area contributed by atoms with Gasteiger partial charge < -0.3 is 14.4 Å². The number of carbonyl (C=O) groups excluding carboxylic acids is 1. The maximum atomic E-state index is 11.2. The van der Waals surface area contributed by atoms with E-state index < -0.39 is 5.97 Å². The smallest absolute Gasteiger partial charge is 0.119 e. The van der Waals surface area contributed by atoms with Gasteiger partial charge in [0.05, 0.1) is 25.1 Å². The zero-order valence-electron chi connectivity index (χ0n) is 21.9.